The number of carbonyl (C=O) groups excluding carboxylic acids is 3. The van der Waals surface area contributed by atoms with Gasteiger partial charge in [0.05, 0.1) is 25.0 Å². The number of rotatable bonds is 6. The molecule has 1 aromatic rings. The first-order chi connectivity index (χ1) is 14.2. The van der Waals surface area contributed by atoms with E-state index in [-0.39, 0.29) is 44.1 Å². The van der Waals surface area contributed by atoms with E-state index in [1.54, 1.807) is 0 Å². The highest BCUT2D eigenvalue weighted by atomic mass is 32.2. The Labute approximate surface area is 172 Å². The molecule has 2 heterocycles. The van der Waals surface area contributed by atoms with Crippen molar-refractivity contribution in [3.05, 3.63) is 29.3 Å². The summed E-state index contributed by atoms with van der Waals surface area (Å²) >= 11 is 1.36. The smallest absolute Gasteiger partial charge is 0.319 e. The number of carbonyl (C=O) groups is 3. The molecular weight excluding hydrogens is 434 g/mol. The van der Waals surface area contributed by atoms with E-state index in [2.05, 4.69) is 4.74 Å². The first-order valence-corrected chi connectivity index (χ1v) is 10.0. The molecule has 2 aliphatic rings. The summed E-state index contributed by atoms with van der Waals surface area (Å²) in [6.45, 7) is 1.08. The number of hydrogen-bond acceptors (Lipinski definition) is 7. The lowest BCUT2D eigenvalue weighted by Crippen LogP contribution is -2.45. The molecule has 2 fully saturated rings. The summed E-state index contributed by atoms with van der Waals surface area (Å²) < 4.78 is 68.7. The van der Waals surface area contributed by atoms with Crippen LogP contribution in [0.1, 0.15) is 13.3 Å². The van der Waals surface area contributed by atoms with Gasteiger partial charge in [-0.3, -0.25) is 19.3 Å². The van der Waals surface area contributed by atoms with E-state index >= 15 is 0 Å². The molecule has 1 unspecified atom stereocenters. The molecule has 2 saturated heterocycles. The number of halogens is 4. The summed E-state index contributed by atoms with van der Waals surface area (Å²) in [5.74, 6) is -11.0. The Morgan fingerprint density at radius 2 is 1.77 bits per heavy atom. The summed E-state index contributed by atoms with van der Waals surface area (Å²) in [7, 11) is 0. The van der Waals surface area contributed by atoms with Crippen molar-refractivity contribution in [1.29, 1.82) is 0 Å². The van der Waals surface area contributed by atoms with Gasteiger partial charge in [-0.25, -0.2) is 8.78 Å². The van der Waals surface area contributed by atoms with Crippen LogP contribution in [0.5, 0.6) is 5.75 Å². The minimum absolute atomic E-state index is 0.00998. The van der Waals surface area contributed by atoms with Gasteiger partial charge in [0.15, 0.2) is 17.9 Å². The second kappa shape index (κ2) is 9.31. The van der Waals surface area contributed by atoms with Crippen LogP contribution in [0.25, 0.3) is 0 Å². The summed E-state index contributed by atoms with van der Waals surface area (Å²) in [6.07, 6.45) is -0.909. The van der Waals surface area contributed by atoms with Crippen LogP contribution < -0.4 is 4.74 Å². The minimum atomic E-state index is -1.84. The first kappa shape index (κ1) is 22.5. The van der Waals surface area contributed by atoms with E-state index in [4.69, 9.17) is 9.47 Å². The maximum absolute atomic E-state index is 13.6. The predicted molar refractivity (Wildman–Crippen MR) is 94.3 cm³/mol. The summed E-state index contributed by atoms with van der Waals surface area (Å²) in [5.41, 5.74) is 0. The molecule has 0 N–H and O–H groups in total. The number of nitrogens with zero attached hydrogens (tertiary/aromatic N) is 1. The highest BCUT2D eigenvalue weighted by Gasteiger charge is 2.41. The Bertz CT molecular complexity index is 835. The van der Waals surface area contributed by atoms with Crippen LogP contribution in [0.3, 0.4) is 0 Å². The van der Waals surface area contributed by atoms with Gasteiger partial charge in [-0.1, -0.05) is 6.92 Å². The van der Waals surface area contributed by atoms with Crippen molar-refractivity contribution in [3.63, 3.8) is 0 Å². The average molecular weight is 451 g/mol. The Morgan fingerprint density at radius 1 is 1.17 bits per heavy atom. The number of benzene rings is 1. The lowest BCUT2D eigenvalue weighted by atomic mass is 10.1. The van der Waals surface area contributed by atoms with Crippen LogP contribution in [0.4, 0.5) is 17.6 Å². The van der Waals surface area contributed by atoms with E-state index in [1.807, 2.05) is 6.92 Å². The Balaban J connectivity index is 1.55. The van der Waals surface area contributed by atoms with Crippen LogP contribution in [-0.2, 0) is 23.9 Å². The maximum atomic E-state index is 13.6. The molecule has 0 spiro atoms. The second-order valence-corrected chi connectivity index (χ2v) is 7.98. The molecule has 2 aliphatic heterocycles. The van der Waals surface area contributed by atoms with Gasteiger partial charge in [0.1, 0.15) is 5.92 Å². The monoisotopic (exact) mass is 451 g/mol. The van der Waals surface area contributed by atoms with Gasteiger partial charge < -0.3 is 14.2 Å². The number of imide groups is 1. The van der Waals surface area contributed by atoms with Gasteiger partial charge in [0.2, 0.25) is 29.2 Å². The van der Waals surface area contributed by atoms with Gasteiger partial charge in [-0.05, 0) is 5.75 Å². The fourth-order valence-corrected chi connectivity index (χ4v) is 3.87. The van der Waals surface area contributed by atoms with E-state index in [0.29, 0.717) is 5.75 Å². The number of hydrogen-bond donors (Lipinski definition) is 0. The molecule has 0 radical (unpaired) electrons. The molecule has 164 valence electrons. The predicted octanol–water partition coefficient (Wildman–Crippen LogP) is 2.02. The minimum Gasteiger partial charge on any atom is -0.420 e. The fourth-order valence-electron chi connectivity index (χ4n) is 2.93. The van der Waals surface area contributed by atoms with Gasteiger partial charge in [-0.2, -0.15) is 8.78 Å². The van der Waals surface area contributed by atoms with Gasteiger partial charge in [-0.15, -0.1) is 11.8 Å². The van der Waals surface area contributed by atoms with Crippen molar-refractivity contribution in [1.82, 2.24) is 4.90 Å². The quantitative estimate of drug-likeness (QED) is 0.215. The zero-order chi connectivity index (χ0) is 22.0. The third kappa shape index (κ3) is 4.60. The van der Waals surface area contributed by atoms with Crippen molar-refractivity contribution in [2.45, 2.75) is 24.9 Å². The van der Waals surface area contributed by atoms with Crippen LogP contribution in [0, 0.1) is 29.2 Å². The van der Waals surface area contributed by atoms with Crippen LogP contribution in [-0.4, -0.2) is 59.7 Å². The summed E-state index contributed by atoms with van der Waals surface area (Å²) in [5, 5.41) is -0.453. The molecule has 3 rings (SSSR count). The van der Waals surface area contributed by atoms with E-state index in [9.17, 15) is 31.9 Å². The molecule has 0 aromatic heterocycles. The van der Waals surface area contributed by atoms with Gasteiger partial charge in [0.25, 0.3) is 0 Å². The van der Waals surface area contributed by atoms with Crippen molar-refractivity contribution in [3.8, 4) is 5.75 Å². The number of ether oxygens (including phenoxy) is 3. The van der Waals surface area contributed by atoms with Crippen molar-refractivity contribution < 1.29 is 46.2 Å². The normalized spacial score (nSPS) is 24.4. The van der Waals surface area contributed by atoms with Crippen molar-refractivity contribution >= 4 is 29.5 Å². The average Bonchev–Trinajstić information content (AvgIpc) is 2.98. The van der Waals surface area contributed by atoms with Crippen LogP contribution in [0.15, 0.2) is 6.07 Å². The third-order valence-corrected chi connectivity index (χ3v) is 5.58. The number of esters is 1. The number of likely N-dealkylation sites (tertiary alicyclic amines) is 1. The van der Waals surface area contributed by atoms with E-state index < -0.39 is 52.4 Å². The Morgan fingerprint density at radius 3 is 2.33 bits per heavy atom. The Kier molecular flexibility index (Phi) is 6.98. The molecule has 30 heavy (non-hydrogen) atoms. The van der Waals surface area contributed by atoms with Crippen molar-refractivity contribution in [2.24, 2.45) is 5.92 Å². The zero-order valence-corrected chi connectivity index (χ0v) is 16.5. The lowest BCUT2D eigenvalue weighted by molar-refractivity contribution is -0.211. The zero-order valence-electron chi connectivity index (χ0n) is 15.7. The standard InChI is InChI=1S/C18H17F4NO6S/c1-2-30-11-4-12(24)23(17(11)25)5-13-27-6-8(7-28-13)18(26)29-16-14(21)9(19)3-10(20)15(16)22/h3,8,11,13H,2,4-7H2,1H3. The molecule has 2 amide bonds. The molecular formula is C18H17F4NO6S. The van der Waals surface area contributed by atoms with Crippen LogP contribution in [0.2, 0.25) is 0 Å². The lowest BCUT2D eigenvalue weighted by Gasteiger charge is -2.30. The molecule has 0 saturated carbocycles. The molecule has 0 aliphatic carbocycles. The highest BCUT2D eigenvalue weighted by Crippen LogP contribution is 2.29. The molecule has 12 heteroatoms. The summed E-state index contributed by atoms with van der Waals surface area (Å²) in [4.78, 5) is 37.4. The molecule has 1 aromatic carbocycles. The largest absolute Gasteiger partial charge is 0.420 e. The van der Waals surface area contributed by atoms with E-state index in [0.717, 1.165) is 4.90 Å². The van der Waals surface area contributed by atoms with Gasteiger partial charge in [0, 0.05) is 12.5 Å². The third-order valence-electron chi connectivity index (χ3n) is 4.48. The molecule has 7 nitrogen and oxygen atoms in total. The molecule has 1 atom stereocenters. The highest BCUT2D eigenvalue weighted by molar-refractivity contribution is 8.00. The number of thioether (sulfide) groups is 1. The fraction of sp³-hybridized carbons (Fsp3) is 0.500. The Hall–Kier alpha value is -2.18. The van der Waals surface area contributed by atoms with Crippen molar-refractivity contribution in [2.75, 3.05) is 25.5 Å². The van der Waals surface area contributed by atoms with Crippen LogP contribution >= 0.6 is 11.8 Å². The first-order valence-electron chi connectivity index (χ1n) is 8.96. The summed E-state index contributed by atoms with van der Waals surface area (Å²) in [6, 6.07) is -0.00998. The molecule has 0 bridgehead atoms. The van der Waals surface area contributed by atoms with E-state index in [1.165, 1.54) is 11.8 Å². The number of amides is 2. The maximum Gasteiger partial charge on any atom is 0.319 e. The topological polar surface area (TPSA) is 82.1 Å². The second-order valence-electron chi connectivity index (χ2n) is 6.50. The SMILES string of the molecule is CCSC1CC(=O)N(CC2OCC(C(=O)Oc3c(F)c(F)cc(F)c3F)CO2)C1=O. The van der Waals surface area contributed by atoms with Gasteiger partial charge >= 0.3 is 5.97 Å².